The van der Waals surface area contributed by atoms with Crippen molar-refractivity contribution in [3.05, 3.63) is 70.7 Å². The lowest BCUT2D eigenvalue weighted by Crippen LogP contribution is -2.48. The number of carbonyl (C=O) groups is 2. The maximum absolute atomic E-state index is 13.0. The molecule has 1 atom stereocenters. The van der Waals surface area contributed by atoms with Crippen molar-refractivity contribution in [1.29, 1.82) is 0 Å². The van der Waals surface area contributed by atoms with Crippen LogP contribution in [-0.2, 0) is 22.6 Å². The Labute approximate surface area is 160 Å². The predicted molar refractivity (Wildman–Crippen MR) is 105 cm³/mol. The lowest BCUT2D eigenvalue weighted by Gasteiger charge is -2.29. The molecule has 0 bridgehead atoms. The van der Waals surface area contributed by atoms with Crippen LogP contribution in [0.25, 0.3) is 0 Å². The molecule has 0 radical (unpaired) electrons. The molecule has 0 aromatic heterocycles. The second-order valence-electron chi connectivity index (χ2n) is 6.28. The molecule has 2 rings (SSSR count). The molecule has 138 valence electrons. The van der Waals surface area contributed by atoms with E-state index in [1.54, 1.807) is 24.0 Å². The van der Waals surface area contributed by atoms with Gasteiger partial charge < -0.3 is 10.2 Å². The molecule has 0 spiro atoms. The van der Waals surface area contributed by atoms with E-state index in [4.69, 9.17) is 11.6 Å². The first-order valence-corrected chi connectivity index (χ1v) is 9.24. The average molecular weight is 373 g/mol. The van der Waals surface area contributed by atoms with Gasteiger partial charge in [-0.15, -0.1) is 0 Å². The number of nitrogens with one attached hydrogen (secondary N) is 1. The molecule has 0 fully saturated rings. The highest BCUT2D eigenvalue weighted by atomic mass is 35.5. The standard InChI is InChI=1S/C21H25ClN2O2/c1-3-12-23-21(26)16(2)24(15-17-8-5-4-6-9-17)20(25)14-18-10-7-11-19(22)13-18/h4-11,13,16H,3,12,14-15H2,1-2H3,(H,23,26)/t16-/m1/s1. The van der Waals surface area contributed by atoms with E-state index in [0.29, 0.717) is 18.1 Å². The van der Waals surface area contributed by atoms with Crippen molar-refractivity contribution < 1.29 is 9.59 Å². The quantitative estimate of drug-likeness (QED) is 0.765. The third-order valence-electron chi connectivity index (χ3n) is 4.16. The van der Waals surface area contributed by atoms with E-state index in [1.807, 2.05) is 49.4 Å². The molecule has 2 aromatic rings. The van der Waals surface area contributed by atoms with Crippen molar-refractivity contribution in [2.24, 2.45) is 0 Å². The minimum atomic E-state index is -0.548. The Kier molecular flexibility index (Phi) is 7.67. The van der Waals surface area contributed by atoms with E-state index in [9.17, 15) is 9.59 Å². The highest BCUT2D eigenvalue weighted by molar-refractivity contribution is 6.30. The van der Waals surface area contributed by atoms with Crippen LogP contribution < -0.4 is 5.32 Å². The first-order chi connectivity index (χ1) is 12.5. The van der Waals surface area contributed by atoms with Crippen LogP contribution in [0.4, 0.5) is 0 Å². The van der Waals surface area contributed by atoms with Gasteiger partial charge in [-0.05, 0) is 36.6 Å². The number of nitrogens with zero attached hydrogens (tertiary/aromatic N) is 1. The van der Waals surface area contributed by atoms with Crippen molar-refractivity contribution in [2.45, 2.75) is 39.3 Å². The topological polar surface area (TPSA) is 49.4 Å². The zero-order valence-electron chi connectivity index (χ0n) is 15.2. The molecule has 0 saturated carbocycles. The van der Waals surface area contributed by atoms with Crippen molar-refractivity contribution >= 4 is 23.4 Å². The number of hydrogen-bond acceptors (Lipinski definition) is 2. The number of amides is 2. The number of halogens is 1. The molecule has 2 aromatic carbocycles. The summed E-state index contributed by atoms with van der Waals surface area (Å²) < 4.78 is 0. The van der Waals surface area contributed by atoms with Crippen LogP contribution in [0.5, 0.6) is 0 Å². The fourth-order valence-corrected chi connectivity index (χ4v) is 2.89. The van der Waals surface area contributed by atoms with Gasteiger partial charge in [0.2, 0.25) is 11.8 Å². The Bertz CT molecular complexity index is 734. The summed E-state index contributed by atoms with van der Waals surface area (Å²) in [5, 5.41) is 3.47. The summed E-state index contributed by atoms with van der Waals surface area (Å²) in [6.07, 6.45) is 1.06. The second kappa shape index (κ2) is 9.97. The van der Waals surface area contributed by atoms with Gasteiger partial charge in [-0.25, -0.2) is 0 Å². The van der Waals surface area contributed by atoms with Gasteiger partial charge in [0.25, 0.3) is 0 Å². The van der Waals surface area contributed by atoms with Crippen molar-refractivity contribution in [3.63, 3.8) is 0 Å². The zero-order valence-corrected chi connectivity index (χ0v) is 16.0. The van der Waals surface area contributed by atoms with E-state index < -0.39 is 6.04 Å². The Balaban J connectivity index is 2.18. The molecule has 0 aliphatic heterocycles. The highest BCUT2D eigenvalue weighted by Gasteiger charge is 2.25. The summed E-state index contributed by atoms with van der Waals surface area (Å²) >= 11 is 6.02. The fourth-order valence-electron chi connectivity index (χ4n) is 2.68. The van der Waals surface area contributed by atoms with Gasteiger partial charge in [0.1, 0.15) is 6.04 Å². The summed E-state index contributed by atoms with van der Waals surface area (Å²) in [5.74, 6) is -0.238. The van der Waals surface area contributed by atoms with Gasteiger partial charge in [-0.3, -0.25) is 9.59 Å². The van der Waals surface area contributed by atoms with Gasteiger partial charge in [0.05, 0.1) is 6.42 Å². The van der Waals surface area contributed by atoms with E-state index in [1.165, 1.54) is 0 Å². The SMILES string of the molecule is CCCNC(=O)[C@@H](C)N(Cc1ccccc1)C(=O)Cc1cccc(Cl)c1. The molecule has 0 saturated heterocycles. The summed E-state index contributed by atoms with van der Waals surface area (Å²) in [6, 6.07) is 16.4. The maximum atomic E-state index is 13.0. The first kappa shape index (κ1) is 20.0. The Morgan fingerprint density at radius 3 is 2.42 bits per heavy atom. The number of rotatable bonds is 8. The lowest BCUT2D eigenvalue weighted by molar-refractivity contribution is -0.140. The summed E-state index contributed by atoms with van der Waals surface area (Å²) in [5.41, 5.74) is 1.82. The largest absolute Gasteiger partial charge is 0.354 e. The third-order valence-corrected chi connectivity index (χ3v) is 4.39. The van der Waals surface area contributed by atoms with Gasteiger partial charge in [-0.2, -0.15) is 0 Å². The minimum absolute atomic E-state index is 0.102. The molecular formula is C21H25ClN2O2. The van der Waals surface area contributed by atoms with Crippen molar-refractivity contribution in [2.75, 3.05) is 6.54 Å². The van der Waals surface area contributed by atoms with E-state index in [-0.39, 0.29) is 18.2 Å². The smallest absolute Gasteiger partial charge is 0.242 e. The maximum Gasteiger partial charge on any atom is 0.242 e. The van der Waals surface area contributed by atoms with Gasteiger partial charge >= 0.3 is 0 Å². The zero-order chi connectivity index (χ0) is 18.9. The average Bonchev–Trinajstić information content (AvgIpc) is 2.64. The monoisotopic (exact) mass is 372 g/mol. The molecule has 0 unspecified atom stereocenters. The van der Waals surface area contributed by atoms with Crippen LogP contribution in [-0.4, -0.2) is 29.3 Å². The molecule has 4 nitrogen and oxygen atoms in total. The molecule has 1 N–H and O–H groups in total. The molecule has 5 heteroatoms. The summed E-state index contributed by atoms with van der Waals surface area (Å²) in [7, 11) is 0. The molecule has 0 heterocycles. The molecular weight excluding hydrogens is 348 g/mol. The second-order valence-corrected chi connectivity index (χ2v) is 6.72. The van der Waals surface area contributed by atoms with Crippen molar-refractivity contribution in [3.8, 4) is 0 Å². The molecule has 26 heavy (non-hydrogen) atoms. The normalized spacial score (nSPS) is 11.7. The number of benzene rings is 2. The van der Waals surface area contributed by atoms with Crippen LogP contribution in [0.1, 0.15) is 31.4 Å². The molecule has 2 amide bonds. The van der Waals surface area contributed by atoms with E-state index in [2.05, 4.69) is 5.32 Å². The first-order valence-electron chi connectivity index (χ1n) is 8.86. The highest BCUT2D eigenvalue weighted by Crippen LogP contribution is 2.15. The molecule has 0 aliphatic carbocycles. The van der Waals surface area contributed by atoms with Crippen LogP contribution in [0, 0.1) is 0 Å². The van der Waals surface area contributed by atoms with Crippen LogP contribution in [0.15, 0.2) is 54.6 Å². The Hall–Kier alpha value is -2.33. The van der Waals surface area contributed by atoms with Crippen molar-refractivity contribution in [1.82, 2.24) is 10.2 Å². The number of carbonyl (C=O) groups excluding carboxylic acids is 2. The van der Waals surface area contributed by atoms with Gasteiger partial charge in [0, 0.05) is 18.1 Å². The minimum Gasteiger partial charge on any atom is -0.354 e. The Morgan fingerprint density at radius 2 is 1.77 bits per heavy atom. The lowest BCUT2D eigenvalue weighted by atomic mass is 10.1. The predicted octanol–water partition coefficient (Wildman–Crippen LogP) is 3.83. The van der Waals surface area contributed by atoms with Gasteiger partial charge in [-0.1, -0.05) is 61.0 Å². The van der Waals surface area contributed by atoms with E-state index in [0.717, 1.165) is 17.5 Å². The van der Waals surface area contributed by atoms with Crippen LogP contribution >= 0.6 is 11.6 Å². The fraction of sp³-hybridized carbons (Fsp3) is 0.333. The van der Waals surface area contributed by atoms with E-state index >= 15 is 0 Å². The molecule has 0 aliphatic rings. The number of hydrogen-bond donors (Lipinski definition) is 1. The van der Waals surface area contributed by atoms with Gasteiger partial charge in [0.15, 0.2) is 0 Å². The van der Waals surface area contributed by atoms with Crippen LogP contribution in [0.2, 0.25) is 5.02 Å². The van der Waals surface area contributed by atoms with Crippen LogP contribution in [0.3, 0.4) is 0 Å². The Morgan fingerprint density at radius 1 is 1.08 bits per heavy atom. The summed E-state index contributed by atoms with van der Waals surface area (Å²) in [6.45, 7) is 4.76. The summed E-state index contributed by atoms with van der Waals surface area (Å²) in [4.78, 5) is 27.0. The third kappa shape index (κ3) is 5.88.